The van der Waals surface area contributed by atoms with Gasteiger partial charge in [0, 0.05) is 29.7 Å². The molecular formula is C25H27FN4OS. The van der Waals surface area contributed by atoms with Gasteiger partial charge in [-0.15, -0.1) is 11.3 Å². The number of nitrogens with zero attached hydrogens (tertiary/aromatic N) is 4. The van der Waals surface area contributed by atoms with Crippen molar-refractivity contribution in [3.8, 4) is 11.3 Å². The van der Waals surface area contributed by atoms with E-state index in [0.29, 0.717) is 6.54 Å². The van der Waals surface area contributed by atoms with E-state index >= 15 is 0 Å². The summed E-state index contributed by atoms with van der Waals surface area (Å²) in [6.07, 6.45) is 0. The molecule has 0 unspecified atom stereocenters. The first-order valence-electron chi connectivity index (χ1n) is 10.6. The first-order chi connectivity index (χ1) is 15.5. The quantitative estimate of drug-likeness (QED) is 0.394. The zero-order chi connectivity index (χ0) is 22.5. The van der Waals surface area contributed by atoms with Gasteiger partial charge in [-0.25, -0.2) is 9.07 Å². The summed E-state index contributed by atoms with van der Waals surface area (Å²) in [5, 5.41) is 6.90. The van der Waals surface area contributed by atoms with Crippen LogP contribution in [0.2, 0.25) is 0 Å². The summed E-state index contributed by atoms with van der Waals surface area (Å²) in [6.45, 7) is 11.8. The summed E-state index contributed by atoms with van der Waals surface area (Å²) in [4.78, 5) is 7.78. The third-order valence-electron chi connectivity index (χ3n) is 5.22. The number of ether oxygens (including phenoxy) is 1. The molecule has 1 aromatic heterocycles. The van der Waals surface area contributed by atoms with Gasteiger partial charge in [-0.2, -0.15) is 5.10 Å². The Morgan fingerprint density at radius 1 is 1.06 bits per heavy atom. The Hall–Kier alpha value is -3.03. The number of hydrogen-bond acceptors (Lipinski definition) is 5. The van der Waals surface area contributed by atoms with Gasteiger partial charge in [0.2, 0.25) is 4.80 Å². The fraction of sp³-hybridized carbons (Fsp3) is 0.280. The van der Waals surface area contributed by atoms with Gasteiger partial charge in [0.15, 0.2) is 0 Å². The summed E-state index contributed by atoms with van der Waals surface area (Å²) < 4.78 is 20.7. The number of aromatic nitrogens is 1. The molecule has 0 saturated carbocycles. The largest absolute Gasteiger partial charge is 0.378 e. The second-order valence-corrected chi connectivity index (χ2v) is 8.66. The highest BCUT2D eigenvalue weighted by molar-refractivity contribution is 7.07. The molecule has 0 amide bonds. The van der Waals surface area contributed by atoms with E-state index in [1.54, 1.807) is 12.1 Å². The molecule has 7 heteroatoms. The lowest BCUT2D eigenvalue weighted by atomic mass is 10.1. The highest BCUT2D eigenvalue weighted by Crippen LogP contribution is 2.22. The van der Waals surface area contributed by atoms with E-state index in [9.17, 15) is 4.39 Å². The van der Waals surface area contributed by atoms with Crippen LogP contribution in [-0.4, -0.2) is 43.2 Å². The maximum atomic E-state index is 13.4. The maximum Gasteiger partial charge on any atom is 0.206 e. The molecule has 0 bridgehead atoms. The molecule has 1 saturated heterocycles. The summed E-state index contributed by atoms with van der Waals surface area (Å²) >= 11 is 1.51. The van der Waals surface area contributed by atoms with E-state index in [1.165, 1.54) is 29.2 Å². The molecule has 1 fully saturated rings. The summed E-state index contributed by atoms with van der Waals surface area (Å²) in [7, 11) is 0. The monoisotopic (exact) mass is 450 g/mol. The first kappa shape index (κ1) is 22.2. The molecule has 2 heterocycles. The number of morpholine rings is 1. The lowest BCUT2D eigenvalue weighted by Gasteiger charge is -2.28. The number of rotatable bonds is 6. The van der Waals surface area contributed by atoms with Crippen LogP contribution < -0.4 is 9.70 Å². The minimum Gasteiger partial charge on any atom is -0.378 e. The van der Waals surface area contributed by atoms with Crippen molar-refractivity contribution in [3.63, 3.8) is 0 Å². The Kier molecular flexibility index (Phi) is 6.97. The summed E-state index contributed by atoms with van der Waals surface area (Å²) in [6, 6.07) is 14.9. The predicted molar refractivity (Wildman–Crippen MR) is 130 cm³/mol. The Labute approximate surface area is 191 Å². The van der Waals surface area contributed by atoms with E-state index in [0.717, 1.165) is 59.2 Å². The van der Waals surface area contributed by atoms with E-state index in [-0.39, 0.29) is 5.82 Å². The van der Waals surface area contributed by atoms with Crippen molar-refractivity contribution in [2.24, 2.45) is 10.1 Å². The topological polar surface area (TPSA) is 42.1 Å². The van der Waals surface area contributed by atoms with Gasteiger partial charge in [-0.3, -0.25) is 4.99 Å². The minimum absolute atomic E-state index is 0.261. The fourth-order valence-electron chi connectivity index (χ4n) is 3.47. The molecule has 1 aliphatic rings. The van der Waals surface area contributed by atoms with Gasteiger partial charge < -0.3 is 9.64 Å². The lowest BCUT2D eigenvalue weighted by Crippen LogP contribution is -2.36. The Bertz CT molecular complexity index is 1170. The van der Waals surface area contributed by atoms with E-state index in [1.807, 2.05) is 23.9 Å². The van der Waals surface area contributed by atoms with Crippen LogP contribution in [0.1, 0.15) is 19.4 Å². The molecule has 0 radical (unpaired) electrons. The van der Waals surface area contributed by atoms with Crippen LogP contribution in [0, 0.1) is 5.82 Å². The van der Waals surface area contributed by atoms with Crippen molar-refractivity contribution in [2.75, 3.05) is 37.7 Å². The first-order valence-corrected chi connectivity index (χ1v) is 11.5. The van der Waals surface area contributed by atoms with E-state index in [4.69, 9.17) is 9.84 Å². The normalized spacial score (nSPS) is 15.3. The molecular weight excluding hydrogens is 423 g/mol. The van der Waals surface area contributed by atoms with Crippen LogP contribution in [0.5, 0.6) is 0 Å². The number of benzene rings is 2. The number of anilines is 1. The molecule has 2 aromatic carbocycles. The molecule has 1 aliphatic heterocycles. The molecule has 3 aromatic rings. The summed E-state index contributed by atoms with van der Waals surface area (Å²) in [5.41, 5.74) is 5.84. The Morgan fingerprint density at radius 2 is 1.75 bits per heavy atom. The molecule has 166 valence electrons. The maximum absolute atomic E-state index is 13.4. The standard InChI is InChI=1S/C25H27FN4OS/c1-18(2)16-27-25-30(24(17-32-25)21-4-8-22(26)9-5-21)28-19(3)20-6-10-23(11-7-20)29-12-14-31-15-13-29/h4-11,17H,1,12-16H2,2-3H3. The lowest BCUT2D eigenvalue weighted by molar-refractivity contribution is 0.122. The predicted octanol–water partition coefficient (Wildman–Crippen LogP) is 4.94. The minimum atomic E-state index is -0.261. The second kappa shape index (κ2) is 10.1. The van der Waals surface area contributed by atoms with Gasteiger partial charge in [0.1, 0.15) is 5.82 Å². The third-order valence-corrected chi connectivity index (χ3v) is 6.07. The molecule has 0 spiro atoms. The van der Waals surface area contributed by atoms with Gasteiger partial charge in [-0.1, -0.05) is 24.3 Å². The van der Waals surface area contributed by atoms with Crippen molar-refractivity contribution < 1.29 is 9.13 Å². The highest BCUT2D eigenvalue weighted by atomic mass is 32.1. The highest BCUT2D eigenvalue weighted by Gasteiger charge is 2.12. The fourth-order valence-corrected chi connectivity index (χ4v) is 4.30. The Morgan fingerprint density at radius 3 is 2.41 bits per heavy atom. The van der Waals surface area contributed by atoms with Crippen LogP contribution in [0.4, 0.5) is 10.1 Å². The molecule has 32 heavy (non-hydrogen) atoms. The van der Waals surface area contributed by atoms with Crippen molar-refractivity contribution in [3.05, 3.63) is 82.2 Å². The average Bonchev–Trinajstić information content (AvgIpc) is 3.21. The SMILES string of the molecule is C=C(C)CN=c1scc(-c2ccc(F)cc2)n1N=C(C)c1ccc(N2CCOCC2)cc1. The van der Waals surface area contributed by atoms with Gasteiger partial charge in [0.05, 0.1) is 31.2 Å². The number of halogens is 1. The third kappa shape index (κ3) is 5.23. The van der Waals surface area contributed by atoms with Crippen LogP contribution in [0.15, 0.2) is 76.2 Å². The summed E-state index contributed by atoms with van der Waals surface area (Å²) in [5.74, 6) is -0.261. The van der Waals surface area contributed by atoms with Crippen molar-refractivity contribution in [1.29, 1.82) is 0 Å². The second-order valence-electron chi connectivity index (χ2n) is 7.83. The van der Waals surface area contributed by atoms with E-state index < -0.39 is 0 Å². The molecule has 4 rings (SSSR count). The van der Waals surface area contributed by atoms with Gasteiger partial charge >= 0.3 is 0 Å². The van der Waals surface area contributed by atoms with Crippen LogP contribution in [-0.2, 0) is 4.74 Å². The molecule has 0 atom stereocenters. The van der Waals surface area contributed by atoms with Crippen LogP contribution in [0.3, 0.4) is 0 Å². The Balaban J connectivity index is 1.69. The smallest absolute Gasteiger partial charge is 0.206 e. The average molecular weight is 451 g/mol. The van der Waals surface area contributed by atoms with Crippen LogP contribution >= 0.6 is 11.3 Å². The van der Waals surface area contributed by atoms with Gasteiger partial charge in [-0.05, 0) is 55.8 Å². The van der Waals surface area contributed by atoms with Crippen molar-refractivity contribution in [2.45, 2.75) is 13.8 Å². The zero-order valence-corrected chi connectivity index (χ0v) is 19.2. The van der Waals surface area contributed by atoms with Crippen molar-refractivity contribution in [1.82, 2.24) is 4.68 Å². The number of hydrogen-bond donors (Lipinski definition) is 0. The molecule has 0 aliphatic carbocycles. The zero-order valence-electron chi connectivity index (χ0n) is 18.4. The van der Waals surface area contributed by atoms with Crippen molar-refractivity contribution >= 4 is 22.7 Å². The molecule has 5 nitrogen and oxygen atoms in total. The van der Waals surface area contributed by atoms with Crippen LogP contribution in [0.25, 0.3) is 11.3 Å². The van der Waals surface area contributed by atoms with E-state index in [2.05, 4.69) is 40.7 Å². The number of thiazole rings is 1. The van der Waals surface area contributed by atoms with Gasteiger partial charge in [0.25, 0.3) is 0 Å². The molecule has 0 N–H and O–H groups in total.